The molecule has 8 heteroatoms. The van der Waals surface area contributed by atoms with Crippen LogP contribution in [0.25, 0.3) is 0 Å². The zero-order chi connectivity index (χ0) is 27.2. The number of hydrazone groups is 1. The first-order valence-corrected chi connectivity index (χ1v) is 14.5. The molecule has 0 bridgehead atoms. The summed E-state index contributed by atoms with van der Waals surface area (Å²) in [6, 6.07) is 22.1. The summed E-state index contributed by atoms with van der Waals surface area (Å²) in [4.78, 5) is 13.2. The SMILES string of the molecule is CCCCCCCOc1ccccc1/C=N/NC(=O)C(Cc1ccccc1)NS(=O)(=O)c1ccc(C)cc1. The van der Waals surface area contributed by atoms with E-state index in [0.29, 0.717) is 12.4 Å². The van der Waals surface area contributed by atoms with Gasteiger partial charge in [0.25, 0.3) is 5.91 Å². The van der Waals surface area contributed by atoms with Crippen molar-refractivity contribution in [1.82, 2.24) is 10.1 Å². The number of benzene rings is 3. The standard InChI is InChI=1S/C30H37N3O4S/c1-3-4-5-6-12-21-37-29-16-11-10-15-26(29)23-31-32-30(34)28(22-25-13-8-7-9-14-25)33-38(35,36)27-19-17-24(2)18-20-27/h7-11,13-20,23,28,33H,3-6,12,21-22H2,1-2H3,(H,32,34)/b31-23+. The number of hydrogen-bond acceptors (Lipinski definition) is 5. The second-order valence-electron chi connectivity index (χ2n) is 9.21. The fourth-order valence-electron chi connectivity index (χ4n) is 3.86. The Morgan fingerprint density at radius 3 is 2.34 bits per heavy atom. The van der Waals surface area contributed by atoms with E-state index in [1.165, 1.54) is 37.6 Å². The highest BCUT2D eigenvalue weighted by Crippen LogP contribution is 2.17. The van der Waals surface area contributed by atoms with E-state index in [4.69, 9.17) is 4.74 Å². The van der Waals surface area contributed by atoms with Crippen molar-refractivity contribution < 1.29 is 17.9 Å². The van der Waals surface area contributed by atoms with Crippen LogP contribution in [-0.4, -0.2) is 33.2 Å². The molecule has 0 heterocycles. The molecule has 0 radical (unpaired) electrons. The van der Waals surface area contributed by atoms with Crippen LogP contribution in [0.3, 0.4) is 0 Å². The van der Waals surface area contributed by atoms with E-state index in [-0.39, 0.29) is 11.3 Å². The molecule has 0 aliphatic heterocycles. The molecule has 0 saturated carbocycles. The molecule has 0 spiro atoms. The van der Waals surface area contributed by atoms with Crippen LogP contribution in [0.15, 0.2) is 88.9 Å². The number of nitrogens with one attached hydrogen (secondary N) is 2. The molecule has 38 heavy (non-hydrogen) atoms. The fraction of sp³-hybridized carbons (Fsp3) is 0.333. The molecular weight excluding hydrogens is 498 g/mol. The molecule has 2 N–H and O–H groups in total. The second-order valence-corrected chi connectivity index (χ2v) is 10.9. The fourth-order valence-corrected chi connectivity index (χ4v) is 5.06. The minimum absolute atomic E-state index is 0.0956. The number of aryl methyl sites for hydroxylation is 1. The van der Waals surface area contributed by atoms with Crippen LogP contribution in [0.4, 0.5) is 0 Å². The van der Waals surface area contributed by atoms with Gasteiger partial charge in [-0.25, -0.2) is 13.8 Å². The zero-order valence-corrected chi connectivity index (χ0v) is 22.9. The summed E-state index contributed by atoms with van der Waals surface area (Å²) in [5, 5.41) is 4.11. The number of nitrogens with zero attached hydrogens (tertiary/aromatic N) is 1. The van der Waals surface area contributed by atoms with Gasteiger partial charge in [0.05, 0.1) is 17.7 Å². The van der Waals surface area contributed by atoms with Gasteiger partial charge in [0.15, 0.2) is 0 Å². The van der Waals surface area contributed by atoms with Crippen molar-refractivity contribution in [2.75, 3.05) is 6.61 Å². The van der Waals surface area contributed by atoms with Gasteiger partial charge in [0, 0.05) is 5.56 Å². The summed E-state index contributed by atoms with van der Waals surface area (Å²) >= 11 is 0. The minimum atomic E-state index is -3.93. The van der Waals surface area contributed by atoms with Gasteiger partial charge < -0.3 is 4.74 Å². The van der Waals surface area contributed by atoms with Crippen LogP contribution in [0.5, 0.6) is 5.75 Å². The highest BCUT2D eigenvalue weighted by molar-refractivity contribution is 7.89. The van der Waals surface area contributed by atoms with Crippen molar-refractivity contribution in [3.63, 3.8) is 0 Å². The minimum Gasteiger partial charge on any atom is -0.493 e. The zero-order valence-electron chi connectivity index (χ0n) is 22.1. The molecule has 1 unspecified atom stereocenters. The lowest BCUT2D eigenvalue weighted by atomic mass is 10.1. The summed E-state index contributed by atoms with van der Waals surface area (Å²) in [6.45, 7) is 4.68. The highest BCUT2D eigenvalue weighted by atomic mass is 32.2. The quantitative estimate of drug-likeness (QED) is 0.155. The van der Waals surface area contributed by atoms with E-state index in [9.17, 15) is 13.2 Å². The smallest absolute Gasteiger partial charge is 0.258 e. The Bertz CT molecular complexity index is 1280. The third-order valence-electron chi connectivity index (χ3n) is 6.03. The lowest BCUT2D eigenvalue weighted by molar-refractivity contribution is -0.122. The molecule has 1 atom stereocenters. The van der Waals surface area contributed by atoms with Crippen molar-refractivity contribution in [3.05, 3.63) is 95.6 Å². The number of ether oxygens (including phenoxy) is 1. The molecule has 202 valence electrons. The maximum Gasteiger partial charge on any atom is 0.258 e. The first kappa shape index (κ1) is 29.1. The average Bonchev–Trinajstić information content (AvgIpc) is 2.91. The maximum atomic E-state index is 13.1. The van der Waals surface area contributed by atoms with Gasteiger partial charge in [0.1, 0.15) is 11.8 Å². The van der Waals surface area contributed by atoms with E-state index in [1.807, 2.05) is 61.5 Å². The number of unbranched alkanes of at least 4 members (excludes halogenated alkanes) is 4. The molecule has 0 aromatic heterocycles. The molecule has 0 saturated heterocycles. The van der Waals surface area contributed by atoms with Crippen LogP contribution < -0.4 is 14.9 Å². The maximum absolute atomic E-state index is 13.1. The molecule has 1 amide bonds. The molecule has 3 rings (SSSR count). The van der Waals surface area contributed by atoms with E-state index in [0.717, 1.165) is 29.5 Å². The molecule has 3 aromatic carbocycles. The monoisotopic (exact) mass is 535 g/mol. The van der Waals surface area contributed by atoms with Gasteiger partial charge in [0.2, 0.25) is 10.0 Å². The second kappa shape index (κ2) is 15.1. The summed E-state index contributed by atoms with van der Waals surface area (Å²) in [7, 11) is -3.93. The van der Waals surface area contributed by atoms with Gasteiger partial charge in [-0.05, 0) is 49.6 Å². The number of carbonyl (C=O) groups excluding carboxylic acids is 1. The van der Waals surface area contributed by atoms with E-state index < -0.39 is 22.0 Å². The molecular formula is C30H37N3O4S. The van der Waals surface area contributed by atoms with E-state index >= 15 is 0 Å². The van der Waals surface area contributed by atoms with Crippen LogP contribution in [0.1, 0.15) is 55.7 Å². The summed E-state index contributed by atoms with van der Waals surface area (Å²) in [6.07, 6.45) is 7.42. The van der Waals surface area contributed by atoms with E-state index in [1.54, 1.807) is 12.1 Å². The Morgan fingerprint density at radius 2 is 1.61 bits per heavy atom. The van der Waals surface area contributed by atoms with Crippen LogP contribution in [0.2, 0.25) is 0 Å². The van der Waals surface area contributed by atoms with Crippen molar-refractivity contribution >= 4 is 22.1 Å². The number of rotatable bonds is 15. The van der Waals surface area contributed by atoms with Crippen LogP contribution in [0, 0.1) is 6.92 Å². The van der Waals surface area contributed by atoms with Crippen molar-refractivity contribution in [2.45, 2.75) is 63.3 Å². The predicted octanol–water partition coefficient (Wildman–Crippen LogP) is 5.38. The van der Waals surface area contributed by atoms with Crippen LogP contribution >= 0.6 is 0 Å². The number of amides is 1. The lowest BCUT2D eigenvalue weighted by Gasteiger charge is -2.17. The van der Waals surface area contributed by atoms with Gasteiger partial charge in [-0.15, -0.1) is 0 Å². The molecule has 0 aliphatic rings. The largest absolute Gasteiger partial charge is 0.493 e. The summed E-state index contributed by atoms with van der Waals surface area (Å²) in [5.74, 6) is 0.122. The first-order valence-electron chi connectivity index (χ1n) is 13.1. The number of para-hydroxylation sites is 1. The Kier molecular flexibility index (Phi) is 11.5. The summed E-state index contributed by atoms with van der Waals surface area (Å²) in [5.41, 5.74) is 4.99. The van der Waals surface area contributed by atoms with Gasteiger partial charge in [-0.1, -0.05) is 92.8 Å². The molecule has 7 nitrogen and oxygen atoms in total. The highest BCUT2D eigenvalue weighted by Gasteiger charge is 2.26. The van der Waals surface area contributed by atoms with Crippen LogP contribution in [-0.2, 0) is 21.2 Å². The lowest BCUT2D eigenvalue weighted by Crippen LogP contribution is -2.46. The Morgan fingerprint density at radius 1 is 0.921 bits per heavy atom. The third-order valence-corrected chi connectivity index (χ3v) is 7.52. The Hall–Kier alpha value is -3.49. The third kappa shape index (κ3) is 9.43. The average molecular weight is 536 g/mol. The summed E-state index contributed by atoms with van der Waals surface area (Å²) < 4.78 is 34.5. The van der Waals surface area contributed by atoms with E-state index in [2.05, 4.69) is 22.2 Å². The van der Waals surface area contributed by atoms with Crippen molar-refractivity contribution in [2.24, 2.45) is 5.10 Å². The van der Waals surface area contributed by atoms with Gasteiger partial charge in [-0.2, -0.15) is 9.82 Å². The van der Waals surface area contributed by atoms with Gasteiger partial charge in [-0.3, -0.25) is 4.79 Å². The number of sulfonamides is 1. The Balaban J connectivity index is 1.68. The molecule has 0 aliphatic carbocycles. The normalized spacial score (nSPS) is 12.4. The van der Waals surface area contributed by atoms with Crippen molar-refractivity contribution in [1.29, 1.82) is 0 Å². The predicted molar refractivity (Wildman–Crippen MR) is 152 cm³/mol. The molecule has 3 aromatic rings. The number of hydrogen-bond donors (Lipinski definition) is 2. The molecule has 0 fully saturated rings. The first-order chi connectivity index (χ1) is 18.4. The van der Waals surface area contributed by atoms with Gasteiger partial charge >= 0.3 is 0 Å². The van der Waals surface area contributed by atoms with Crippen molar-refractivity contribution in [3.8, 4) is 5.75 Å². The number of carbonyl (C=O) groups is 1. The topological polar surface area (TPSA) is 96.9 Å². The Labute approximate surface area is 226 Å².